The number of anilines is 2. The van der Waals surface area contributed by atoms with E-state index in [9.17, 15) is 14.0 Å². The van der Waals surface area contributed by atoms with Crippen molar-refractivity contribution in [3.63, 3.8) is 0 Å². The molecule has 9 heteroatoms. The van der Waals surface area contributed by atoms with Crippen LogP contribution in [0.4, 0.5) is 20.7 Å². The summed E-state index contributed by atoms with van der Waals surface area (Å²) in [5.41, 5.74) is 0.546. The minimum absolute atomic E-state index is 0.162. The normalized spacial score (nSPS) is 17.5. The second-order valence-corrected chi connectivity index (χ2v) is 9.65. The Hall–Kier alpha value is -3.23. The van der Waals surface area contributed by atoms with Gasteiger partial charge in [0.2, 0.25) is 5.91 Å². The van der Waals surface area contributed by atoms with Crippen molar-refractivity contribution >= 4 is 23.5 Å². The number of carbonyl (C=O) groups is 2. The zero-order valence-electron chi connectivity index (χ0n) is 19.3. The molecule has 0 spiro atoms. The van der Waals surface area contributed by atoms with Gasteiger partial charge in [0.05, 0.1) is 11.6 Å². The van der Waals surface area contributed by atoms with Crippen LogP contribution in [0.5, 0.6) is 0 Å². The van der Waals surface area contributed by atoms with Gasteiger partial charge < -0.3 is 19.9 Å². The van der Waals surface area contributed by atoms with Crippen molar-refractivity contribution in [3.05, 3.63) is 47.9 Å². The third-order valence-corrected chi connectivity index (χ3v) is 6.00. The van der Waals surface area contributed by atoms with Gasteiger partial charge in [-0.3, -0.25) is 4.79 Å². The summed E-state index contributed by atoms with van der Waals surface area (Å²) < 4.78 is 20.2. The lowest BCUT2D eigenvalue weighted by atomic mass is 9.89. The minimum atomic E-state index is -0.523. The van der Waals surface area contributed by atoms with Gasteiger partial charge in [0, 0.05) is 32.4 Å². The highest BCUT2D eigenvalue weighted by Crippen LogP contribution is 2.31. The molecule has 3 heterocycles. The van der Waals surface area contributed by atoms with E-state index < -0.39 is 11.4 Å². The first-order valence-electron chi connectivity index (χ1n) is 11.3. The number of benzene rings is 1. The summed E-state index contributed by atoms with van der Waals surface area (Å²) in [5, 5.41) is 10.6. The number of aromatic nitrogens is 2. The van der Waals surface area contributed by atoms with Gasteiger partial charge in [-0.25, -0.2) is 9.18 Å². The van der Waals surface area contributed by atoms with Crippen molar-refractivity contribution < 1.29 is 18.7 Å². The molecular weight excluding hydrogens is 425 g/mol. The number of rotatable bonds is 4. The van der Waals surface area contributed by atoms with E-state index in [1.807, 2.05) is 37.8 Å². The third kappa shape index (κ3) is 5.58. The number of piperidine rings is 1. The van der Waals surface area contributed by atoms with E-state index in [4.69, 9.17) is 4.74 Å². The fourth-order valence-electron chi connectivity index (χ4n) is 4.14. The summed E-state index contributed by atoms with van der Waals surface area (Å²) in [6.45, 7) is 7.74. The minimum Gasteiger partial charge on any atom is -0.444 e. The highest BCUT2D eigenvalue weighted by atomic mass is 19.1. The maximum atomic E-state index is 14.8. The van der Waals surface area contributed by atoms with Crippen molar-refractivity contribution in [2.24, 2.45) is 5.92 Å². The van der Waals surface area contributed by atoms with E-state index in [1.165, 1.54) is 6.07 Å². The van der Waals surface area contributed by atoms with E-state index >= 15 is 0 Å². The molecule has 0 atom stereocenters. The molecule has 0 unspecified atom stereocenters. The van der Waals surface area contributed by atoms with Crippen molar-refractivity contribution in [2.75, 3.05) is 36.4 Å². The van der Waals surface area contributed by atoms with E-state index in [2.05, 4.69) is 15.5 Å². The van der Waals surface area contributed by atoms with Crippen LogP contribution in [0.15, 0.2) is 36.5 Å². The number of ether oxygens (including phenoxy) is 1. The molecular formula is C24H30FN5O3. The largest absolute Gasteiger partial charge is 0.444 e. The van der Waals surface area contributed by atoms with E-state index in [0.29, 0.717) is 26.2 Å². The van der Waals surface area contributed by atoms with Crippen LogP contribution in [0.25, 0.3) is 0 Å². The summed E-state index contributed by atoms with van der Waals surface area (Å²) in [6, 6.07) is 8.63. The molecule has 0 aliphatic carbocycles. The van der Waals surface area contributed by atoms with Crippen LogP contribution in [0.3, 0.4) is 0 Å². The molecule has 1 N–H and O–H groups in total. The summed E-state index contributed by atoms with van der Waals surface area (Å²) in [5.74, 6) is 0.0289. The average molecular weight is 456 g/mol. The van der Waals surface area contributed by atoms with Crippen LogP contribution in [0.1, 0.15) is 45.1 Å². The number of likely N-dealkylation sites (tertiary alicyclic amines) is 1. The smallest absolute Gasteiger partial charge is 0.410 e. The average Bonchev–Trinajstić information content (AvgIpc) is 2.74. The molecule has 4 rings (SSSR count). The lowest BCUT2D eigenvalue weighted by Gasteiger charge is -2.38. The molecule has 1 aromatic carbocycles. The third-order valence-electron chi connectivity index (χ3n) is 6.00. The van der Waals surface area contributed by atoms with Crippen molar-refractivity contribution in [1.82, 2.24) is 15.1 Å². The first kappa shape index (κ1) is 22.9. The quantitative estimate of drug-likeness (QED) is 0.755. The topological polar surface area (TPSA) is 87.7 Å². The van der Waals surface area contributed by atoms with Gasteiger partial charge in [0.25, 0.3) is 0 Å². The predicted molar refractivity (Wildman–Crippen MR) is 123 cm³/mol. The predicted octanol–water partition coefficient (Wildman–Crippen LogP) is 3.81. The molecule has 2 aliphatic rings. The Balaban J connectivity index is 1.28. The number of amides is 2. The Morgan fingerprint density at radius 1 is 1.15 bits per heavy atom. The van der Waals surface area contributed by atoms with Crippen LogP contribution in [-0.2, 0) is 9.53 Å². The van der Waals surface area contributed by atoms with Gasteiger partial charge in [-0.15, -0.1) is 5.10 Å². The molecule has 8 nitrogen and oxygen atoms in total. The molecule has 33 heavy (non-hydrogen) atoms. The second-order valence-electron chi connectivity index (χ2n) is 9.65. The number of hydrogen-bond acceptors (Lipinski definition) is 6. The Bertz CT molecular complexity index is 997. The lowest BCUT2D eigenvalue weighted by Crippen LogP contribution is -2.52. The Morgan fingerprint density at radius 2 is 1.88 bits per heavy atom. The molecule has 0 bridgehead atoms. The van der Waals surface area contributed by atoms with Crippen molar-refractivity contribution in [2.45, 2.75) is 45.1 Å². The number of carbonyl (C=O) groups excluding carboxylic acids is 2. The number of nitrogens with zero attached hydrogens (tertiary/aromatic N) is 4. The van der Waals surface area contributed by atoms with Crippen LogP contribution in [0, 0.1) is 11.7 Å². The van der Waals surface area contributed by atoms with Gasteiger partial charge in [-0.05, 0) is 69.4 Å². The molecule has 1 aromatic heterocycles. The fraction of sp³-hybridized carbons (Fsp3) is 0.500. The number of hydrogen-bond donors (Lipinski definition) is 1. The molecule has 2 fully saturated rings. The van der Waals surface area contributed by atoms with Gasteiger partial charge in [-0.1, -0.05) is 6.07 Å². The van der Waals surface area contributed by atoms with Crippen LogP contribution < -0.4 is 10.2 Å². The van der Waals surface area contributed by atoms with E-state index in [1.54, 1.807) is 23.2 Å². The molecule has 176 valence electrons. The monoisotopic (exact) mass is 455 g/mol. The first-order chi connectivity index (χ1) is 15.7. The summed E-state index contributed by atoms with van der Waals surface area (Å²) in [6.07, 6.45) is 2.78. The van der Waals surface area contributed by atoms with E-state index in [0.717, 1.165) is 24.2 Å². The number of halogens is 1. The fourth-order valence-corrected chi connectivity index (χ4v) is 4.14. The SMILES string of the molecule is CC(C)(C)OC(=O)N1CCC(c2ccc(NC(=O)C3CN(c4cccnn4)C3)c(F)c2)CC1. The summed E-state index contributed by atoms with van der Waals surface area (Å²) >= 11 is 0. The zero-order valence-corrected chi connectivity index (χ0v) is 19.3. The maximum Gasteiger partial charge on any atom is 0.410 e. The van der Waals surface area contributed by atoms with Gasteiger partial charge in [-0.2, -0.15) is 5.10 Å². The maximum absolute atomic E-state index is 14.8. The molecule has 0 saturated carbocycles. The Morgan fingerprint density at radius 3 is 2.48 bits per heavy atom. The lowest BCUT2D eigenvalue weighted by molar-refractivity contribution is -0.120. The molecule has 2 amide bonds. The number of nitrogens with one attached hydrogen (secondary N) is 1. The van der Waals surface area contributed by atoms with Crippen LogP contribution >= 0.6 is 0 Å². The Kier molecular flexibility index (Phi) is 6.49. The van der Waals surface area contributed by atoms with E-state index in [-0.39, 0.29) is 29.5 Å². The second kappa shape index (κ2) is 9.33. The van der Waals surface area contributed by atoms with Gasteiger partial charge in [0.1, 0.15) is 11.4 Å². The Labute approximate surface area is 193 Å². The highest BCUT2D eigenvalue weighted by molar-refractivity contribution is 5.94. The van der Waals surface area contributed by atoms with Gasteiger partial charge >= 0.3 is 6.09 Å². The molecule has 2 saturated heterocycles. The van der Waals surface area contributed by atoms with Crippen molar-refractivity contribution in [1.29, 1.82) is 0 Å². The summed E-state index contributed by atoms with van der Waals surface area (Å²) in [7, 11) is 0. The standard InChI is InChI=1S/C24H30FN5O3/c1-24(2,3)33-23(32)29-11-8-16(9-12-29)17-6-7-20(19(25)13-17)27-22(31)18-14-30(15-18)21-5-4-10-26-28-21/h4-7,10,13,16,18H,8-9,11-12,14-15H2,1-3H3,(H,27,31). The first-order valence-corrected chi connectivity index (χ1v) is 11.3. The zero-order chi connectivity index (χ0) is 23.6. The van der Waals surface area contributed by atoms with Crippen LogP contribution in [0.2, 0.25) is 0 Å². The molecule has 0 radical (unpaired) electrons. The molecule has 2 aliphatic heterocycles. The van der Waals surface area contributed by atoms with Crippen LogP contribution in [-0.4, -0.2) is 58.9 Å². The molecule has 2 aromatic rings. The summed E-state index contributed by atoms with van der Waals surface area (Å²) in [4.78, 5) is 28.4. The van der Waals surface area contributed by atoms with Gasteiger partial charge in [0.15, 0.2) is 5.82 Å². The van der Waals surface area contributed by atoms with Crippen molar-refractivity contribution in [3.8, 4) is 0 Å². The highest BCUT2D eigenvalue weighted by Gasteiger charge is 2.34.